The lowest BCUT2D eigenvalue weighted by molar-refractivity contribution is 0.0947. The molecule has 1 saturated carbocycles. The van der Waals surface area contributed by atoms with Gasteiger partial charge < -0.3 is 9.88 Å². The molecule has 0 atom stereocenters. The van der Waals surface area contributed by atoms with Gasteiger partial charge in [-0.2, -0.15) is 0 Å². The minimum Gasteiger partial charge on any atom is -0.350 e. The second-order valence-electron chi connectivity index (χ2n) is 8.27. The quantitative estimate of drug-likeness (QED) is 0.509. The maximum Gasteiger partial charge on any atom is 0.261 e. The number of hydrogen-bond acceptors (Lipinski definition) is 3. The SMILES string of the molecule is Cn1c(=O)c2cc(C(=O)NCC3(c4ccccc4)CCCC3)sc2c2ccccc21. The third-order valence-corrected chi connectivity index (χ3v) is 7.70. The van der Waals surface area contributed by atoms with E-state index >= 15 is 0 Å². The number of para-hydroxylation sites is 1. The zero-order valence-corrected chi connectivity index (χ0v) is 17.8. The van der Waals surface area contributed by atoms with Crippen LogP contribution in [-0.4, -0.2) is 17.0 Å². The Kier molecular flexibility index (Phi) is 4.70. The molecule has 152 valence electrons. The van der Waals surface area contributed by atoms with Crippen LogP contribution in [0.5, 0.6) is 0 Å². The minimum absolute atomic E-state index is 0.0104. The first-order chi connectivity index (χ1) is 14.6. The molecular weight excluding hydrogens is 392 g/mol. The van der Waals surface area contributed by atoms with Crippen LogP contribution in [0.3, 0.4) is 0 Å². The van der Waals surface area contributed by atoms with E-state index in [-0.39, 0.29) is 16.9 Å². The van der Waals surface area contributed by atoms with E-state index in [1.807, 2.05) is 30.3 Å². The molecule has 0 aliphatic heterocycles. The molecule has 5 heteroatoms. The molecule has 1 fully saturated rings. The molecule has 2 aromatic carbocycles. The van der Waals surface area contributed by atoms with Gasteiger partial charge in [-0.15, -0.1) is 11.3 Å². The molecule has 2 aromatic heterocycles. The van der Waals surface area contributed by atoms with E-state index in [4.69, 9.17) is 0 Å². The monoisotopic (exact) mass is 416 g/mol. The number of carbonyl (C=O) groups is 1. The van der Waals surface area contributed by atoms with Crippen molar-refractivity contribution in [3.8, 4) is 0 Å². The van der Waals surface area contributed by atoms with Crippen molar-refractivity contribution in [2.45, 2.75) is 31.1 Å². The molecule has 0 bridgehead atoms. The molecule has 4 aromatic rings. The number of aryl methyl sites for hydroxylation is 1. The maximum atomic E-state index is 13.1. The number of nitrogens with zero attached hydrogens (tertiary/aromatic N) is 1. The van der Waals surface area contributed by atoms with Crippen molar-refractivity contribution >= 4 is 38.2 Å². The van der Waals surface area contributed by atoms with Crippen LogP contribution >= 0.6 is 11.3 Å². The summed E-state index contributed by atoms with van der Waals surface area (Å²) in [5, 5.41) is 4.81. The van der Waals surface area contributed by atoms with Crippen molar-refractivity contribution in [3.63, 3.8) is 0 Å². The number of carbonyl (C=O) groups excluding carboxylic acids is 1. The van der Waals surface area contributed by atoms with Gasteiger partial charge in [-0.3, -0.25) is 9.59 Å². The van der Waals surface area contributed by atoms with Gasteiger partial charge in [-0.05, 0) is 30.5 Å². The molecule has 0 unspecified atom stereocenters. The van der Waals surface area contributed by atoms with Gasteiger partial charge in [0.25, 0.3) is 11.5 Å². The lowest BCUT2D eigenvalue weighted by Crippen LogP contribution is -2.38. The van der Waals surface area contributed by atoms with Crippen molar-refractivity contribution in [2.75, 3.05) is 6.54 Å². The minimum atomic E-state index is -0.0930. The van der Waals surface area contributed by atoms with Crippen LogP contribution in [0.2, 0.25) is 0 Å². The summed E-state index contributed by atoms with van der Waals surface area (Å²) < 4.78 is 2.55. The highest BCUT2D eigenvalue weighted by atomic mass is 32.1. The summed E-state index contributed by atoms with van der Waals surface area (Å²) in [6.07, 6.45) is 4.56. The fourth-order valence-electron chi connectivity index (χ4n) is 4.86. The second-order valence-corrected chi connectivity index (χ2v) is 9.32. The topological polar surface area (TPSA) is 51.1 Å². The summed E-state index contributed by atoms with van der Waals surface area (Å²) >= 11 is 1.41. The summed E-state index contributed by atoms with van der Waals surface area (Å²) in [5.74, 6) is -0.0930. The first-order valence-corrected chi connectivity index (χ1v) is 11.3. The predicted octanol–water partition coefficient (Wildman–Crippen LogP) is 5.00. The largest absolute Gasteiger partial charge is 0.350 e. The summed E-state index contributed by atoms with van der Waals surface area (Å²) in [6, 6.07) is 20.1. The Morgan fingerprint density at radius 1 is 1.03 bits per heavy atom. The Morgan fingerprint density at radius 2 is 1.73 bits per heavy atom. The van der Waals surface area contributed by atoms with Crippen molar-refractivity contribution < 1.29 is 4.79 Å². The van der Waals surface area contributed by atoms with Crippen LogP contribution in [0, 0.1) is 0 Å². The number of thiophene rings is 1. The molecule has 1 aliphatic carbocycles. The Labute approximate surface area is 179 Å². The number of pyridine rings is 1. The highest BCUT2D eigenvalue weighted by Gasteiger charge is 2.36. The molecule has 0 radical (unpaired) electrons. The third-order valence-electron chi connectivity index (χ3n) is 6.54. The smallest absolute Gasteiger partial charge is 0.261 e. The predicted molar refractivity (Wildman–Crippen MR) is 123 cm³/mol. The number of hydrogen-bond donors (Lipinski definition) is 1. The summed E-state index contributed by atoms with van der Waals surface area (Å²) in [7, 11) is 1.78. The van der Waals surface area contributed by atoms with Gasteiger partial charge in [0.15, 0.2) is 0 Å². The Hall–Kier alpha value is -2.92. The number of fused-ring (bicyclic) bond motifs is 3. The van der Waals surface area contributed by atoms with Crippen LogP contribution in [0.15, 0.2) is 65.5 Å². The van der Waals surface area contributed by atoms with Crippen LogP contribution < -0.4 is 10.9 Å². The van der Waals surface area contributed by atoms with Crippen molar-refractivity contribution in [1.82, 2.24) is 9.88 Å². The Bertz CT molecular complexity index is 1300. The number of rotatable bonds is 4. The highest BCUT2D eigenvalue weighted by Crippen LogP contribution is 2.40. The van der Waals surface area contributed by atoms with E-state index in [0.717, 1.165) is 28.4 Å². The number of benzene rings is 2. The molecule has 2 heterocycles. The van der Waals surface area contributed by atoms with Gasteiger partial charge in [0.05, 0.1) is 15.8 Å². The summed E-state index contributed by atoms with van der Waals surface area (Å²) in [6.45, 7) is 0.628. The van der Waals surface area contributed by atoms with Gasteiger partial charge in [0.1, 0.15) is 0 Å². The van der Waals surface area contributed by atoms with Crippen LogP contribution in [0.25, 0.3) is 21.0 Å². The molecule has 30 heavy (non-hydrogen) atoms. The molecule has 1 amide bonds. The van der Waals surface area contributed by atoms with Crippen LogP contribution in [0.4, 0.5) is 0 Å². The third kappa shape index (κ3) is 3.05. The number of nitrogens with one attached hydrogen (secondary N) is 1. The van der Waals surface area contributed by atoms with Gasteiger partial charge in [0, 0.05) is 29.1 Å². The molecule has 0 saturated heterocycles. The van der Waals surface area contributed by atoms with E-state index in [2.05, 4.69) is 29.6 Å². The van der Waals surface area contributed by atoms with Crippen LogP contribution in [-0.2, 0) is 12.5 Å². The average Bonchev–Trinajstić information content (AvgIpc) is 3.45. The van der Waals surface area contributed by atoms with Crippen molar-refractivity contribution in [3.05, 3.63) is 81.5 Å². The van der Waals surface area contributed by atoms with Crippen LogP contribution in [0.1, 0.15) is 40.9 Å². The van der Waals surface area contributed by atoms with Gasteiger partial charge in [-0.25, -0.2) is 0 Å². The molecular formula is C25H24N2O2S. The van der Waals surface area contributed by atoms with E-state index in [1.165, 1.54) is 29.7 Å². The zero-order valence-electron chi connectivity index (χ0n) is 17.0. The second kappa shape index (κ2) is 7.40. The fraction of sp³-hybridized carbons (Fsp3) is 0.280. The average molecular weight is 417 g/mol. The summed E-state index contributed by atoms with van der Waals surface area (Å²) in [4.78, 5) is 26.5. The van der Waals surface area contributed by atoms with Gasteiger partial charge >= 0.3 is 0 Å². The van der Waals surface area contributed by atoms with Gasteiger partial charge in [-0.1, -0.05) is 61.4 Å². The number of amides is 1. The Balaban J connectivity index is 1.48. The van der Waals surface area contributed by atoms with E-state index in [0.29, 0.717) is 16.8 Å². The Morgan fingerprint density at radius 3 is 2.50 bits per heavy atom. The lowest BCUT2D eigenvalue weighted by atomic mass is 9.79. The fourth-order valence-corrected chi connectivity index (χ4v) is 5.96. The van der Waals surface area contributed by atoms with Crippen molar-refractivity contribution in [1.29, 1.82) is 0 Å². The lowest BCUT2D eigenvalue weighted by Gasteiger charge is -2.30. The molecule has 1 N–H and O–H groups in total. The van der Waals surface area contributed by atoms with Gasteiger partial charge in [0.2, 0.25) is 0 Å². The zero-order chi connectivity index (χ0) is 20.7. The highest BCUT2D eigenvalue weighted by molar-refractivity contribution is 7.21. The molecule has 4 nitrogen and oxygen atoms in total. The normalized spacial score (nSPS) is 15.6. The molecule has 1 aliphatic rings. The molecule has 5 rings (SSSR count). The molecule has 0 spiro atoms. The first-order valence-electron chi connectivity index (χ1n) is 10.4. The maximum absolute atomic E-state index is 13.1. The van der Waals surface area contributed by atoms with Crippen molar-refractivity contribution in [2.24, 2.45) is 7.05 Å². The summed E-state index contributed by atoms with van der Waals surface area (Å²) in [5.41, 5.74) is 2.14. The standard InChI is InChI=1S/C25H24N2O2S/c1-27-20-12-6-5-11-18(20)22-19(24(27)29)15-21(30-22)23(28)26-16-25(13-7-8-14-25)17-9-3-2-4-10-17/h2-6,9-12,15H,7-8,13-14,16H2,1H3,(H,26,28). The van der Waals surface area contributed by atoms with E-state index < -0.39 is 0 Å². The first kappa shape index (κ1) is 19.1. The number of aromatic nitrogens is 1. The van der Waals surface area contributed by atoms with E-state index in [9.17, 15) is 9.59 Å². The van der Waals surface area contributed by atoms with E-state index in [1.54, 1.807) is 17.7 Å².